The molecule has 1 amide bonds. The number of hydrogen-bond acceptors (Lipinski definition) is 4. The van der Waals surface area contributed by atoms with Gasteiger partial charge in [-0.3, -0.25) is 9.59 Å². The number of carbonyl (C=O) groups is 2. The molecule has 1 fully saturated rings. The molecule has 0 aliphatic carbocycles. The van der Waals surface area contributed by atoms with Gasteiger partial charge in [-0.2, -0.15) is 0 Å². The van der Waals surface area contributed by atoms with Gasteiger partial charge in [0.2, 0.25) is 0 Å². The van der Waals surface area contributed by atoms with Crippen molar-refractivity contribution in [2.75, 3.05) is 13.7 Å². The number of aryl methyl sites for hydroxylation is 1. The number of aliphatic hydroxyl groups excluding tert-OH is 1. The number of benzene rings is 2. The Labute approximate surface area is 188 Å². The minimum absolute atomic E-state index is 0.0564. The standard InChI is InChI=1S/C25H28ClNO4/c1-4-6-7-14-27-22(17-10-8-16(5-2)9-11-17)21(24(29)25(27)30)23(28)19-15-18(31-3)12-13-20(19)26/h8-13,15,22,28H,4-7,14H2,1-3H3/b23-21+. The van der Waals surface area contributed by atoms with Crippen molar-refractivity contribution in [3.63, 3.8) is 0 Å². The van der Waals surface area contributed by atoms with E-state index in [9.17, 15) is 14.7 Å². The summed E-state index contributed by atoms with van der Waals surface area (Å²) in [6.45, 7) is 4.59. The van der Waals surface area contributed by atoms with Crippen molar-refractivity contribution in [1.82, 2.24) is 4.90 Å². The molecule has 1 aliphatic rings. The van der Waals surface area contributed by atoms with Crippen molar-refractivity contribution < 1.29 is 19.4 Å². The molecule has 1 aliphatic heterocycles. The Morgan fingerprint density at radius 3 is 2.42 bits per heavy atom. The highest BCUT2D eigenvalue weighted by Gasteiger charge is 2.45. The van der Waals surface area contributed by atoms with Gasteiger partial charge in [0, 0.05) is 12.1 Å². The fourth-order valence-corrected chi connectivity index (χ4v) is 4.09. The van der Waals surface area contributed by atoms with E-state index in [4.69, 9.17) is 16.3 Å². The molecule has 1 saturated heterocycles. The minimum Gasteiger partial charge on any atom is -0.507 e. The molecule has 2 aromatic rings. The number of amides is 1. The van der Waals surface area contributed by atoms with Gasteiger partial charge >= 0.3 is 0 Å². The summed E-state index contributed by atoms with van der Waals surface area (Å²) in [6, 6.07) is 12.0. The summed E-state index contributed by atoms with van der Waals surface area (Å²) in [5.74, 6) is -1.09. The number of rotatable bonds is 8. The zero-order valence-electron chi connectivity index (χ0n) is 18.2. The fraction of sp³-hybridized carbons (Fsp3) is 0.360. The van der Waals surface area contributed by atoms with Crippen LogP contribution in [0.25, 0.3) is 5.76 Å². The zero-order valence-corrected chi connectivity index (χ0v) is 18.9. The summed E-state index contributed by atoms with van der Waals surface area (Å²) in [4.78, 5) is 27.6. The second-order valence-corrected chi connectivity index (χ2v) is 8.05. The predicted octanol–water partition coefficient (Wildman–Crippen LogP) is 5.52. The highest BCUT2D eigenvalue weighted by Crippen LogP contribution is 2.41. The summed E-state index contributed by atoms with van der Waals surface area (Å²) < 4.78 is 5.24. The van der Waals surface area contributed by atoms with Crippen LogP contribution >= 0.6 is 11.6 Å². The molecule has 31 heavy (non-hydrogen) atoms. The van der Waals surface area contributed by atoms with Crippen LogP contribution in [0, 0.1) is 0 Å². The Kier molecular flexibility index (Phi) is 7.39. The van der Waals surface area contributed by atoms with Crippen LogP contribution in [0.1, 0.15) is 55.8 Å². The molecule has 0 bridgehead atoms. The fourth-order valence-electron chi connectivity index (χ4n) is 3.88. The Balaban J connectivity index is 2.15. The average Bonchev–Trinajstić information content (AvgIpc) is 3.04. The van der Waals surface area contributed by atoms with Crippen LogP contribution in [0.15, 0.2) is 48.0 Å². The lowest BCUT2D eigenvalue weighted by Gasteiger charge is -2.25. The number of ether oxygens (including phenoxy) is 1. The SMILES string of the molecule is CCCCCN1C(=O)C(=O)/C(=C(/O)c2cc(OC)ccc2Cl)C1c1ccc(CC)cc1. The van der Waals surface area contributed by atoms with E-state index in [-0.39, 0.29) is 21.9 Å². The van der Waals surface area contributed by atoms with Crippen molar-refractivity contribution in [2.24, 2.45) is 0 Å². The van der Waals surface area contributed by atoms with Crippen LogP contribution in [-0.4, -0.2) is 35.4 Å². The number of aliphatic hydroxyl groups is 1. The molecule has 2 aromatic carbocycles. The molecule has 0 radical (unpaired) electrons. The Morgan fingerprint density at radius 1 is 1.10 bits per heavy atom. The lowest BCUT2D eigenvalue weighted by atomic mass is 9.94. The monoisotopic (exact) mass is 441 g/mol. The van der Waals surface area contributed by atoms with E-state index in [0.717, 1.165) is 36.8 Å². The van der Waals surface area contributed by atoms with Crippen molar-refractivity contribution in [1.29, 1.82) is 0 Å². The van der Waals surface area contributed by atoms with Gasteiger partial charge in [0.25, 0.3) is 11.7 Å². The van der Waals surface area contributed by atoms with Gasteiger partial charge in [-0.25, -0.2) is 0 Å². The minimum atomic E-state index is -0.697. The Hall–Kier alpha value is -2.79. The maximum Gasteiger partial charge on any atom is 0.295 e. The lowest BCUT2D eigenvalue weighted by Crippen LogP contribution is -2.30. The average molecular weight is 442 g/mol. The molecule has 1 heterocycles. The quantitative estimate of drug-likeness (QED) is 0.253. The number of likely N-dealkylation sites (tertiary alicyclic amines) is 1. The maximum absolute atomic E-state index is 13.1. The Bertz CT molecular complexity index is 997. The lowest BCUT2D eigenvalue weighted by molar-refractivity contribution is -0.139. The number of hydrogen-bond donors (Lipinski definition) is 1. The van der Waals surface area contributed by atoms with Crippen molar-refractivity contribution in [3.05, 3.63) is 69.8 Å². The highest BCUT2D eigenvalue weighted by molar-refractivity contribution is 6.47. The summed E-state index contributed by atoms with van der Waals surface area (Å²) in [7, 11) is 1.51. The van der Waals surface area contributed by atoms with E-state index in [0.29, 0.717) is 12.3 Å². The summed E-state index contributed by atoms with van der Waals surface area (Å²) in [5, 5.41) is 11.4. The number of unbranched alkanes of at least 4 members (excludes halogenated alkanes) is 2. The van der Waals surface area contributed by atoms with E-state index in [1.165, 1.54) is 7.11 Å². The normalized spacial score (nSPS) is 17.9. The van der Waals surface area contributed by atoms with Crippen LogP contribution < -0.4 is 4.74 Å². The smallest absolute Gasteiger partial charge is 0.295 e. The van der Waals surface area contributed by atoms with Crippen molar-refractivity contribution in [3.8, 4) is 5.75 Å². The third kappa shape index (κ3) is 4.62. The first-order valence-corrected chi connectivity index (χ1v) is 11.0. The van der Waals surface area contributed by atoms with E-state index in [1.54, 1.807) is 23.1 Å². The molecule has 6 heteroatoms. The van der Waals surface area contributed by atoms with E-state index in [2.05, 4.69) is 13.8 Å². The molecule has 0 aromatic heterocycles. The third-order valence-corrected chi connectivity index (χ3v) is 6.00. The zero-order chi connectivity index (χ0) is 22.5. The predicted molar refractivity (Wildman–Crippen MR) is 122 cm³/mol. The number of nitrogens with zero attached hydrogens (tertiary/aromatic N) is 1. The van der Waals surface area contributed by atoms with Crippen LogP contribution in [0.5, 0.6) is 5.75 Å². The van der Waals surface area contributed by atoms with Crippen LogP contribution in [-0.2, 0) is 16.0 Å². The van der Waals surface area contributed by atoms with Gasteiger partial charge in [0.05, 0.1) is 23.7 Å². The van der Waals surface area contributed by atoms with Gasteiger partial charge in [-0.1, -0.05) is 62.6 Å². The van der Waals surface area contributed by atoms with Crippen LogP contribution in [0.3, 0.4) is 0 Å². The van der Waals surface area contributed by atoms with Crippen molar-refractivity contribution in [2.45, 2.75) is 45.6 Å². The molecule has 0 spiro atoms. The molecular weight excluding hydrogens is 414 g/mol. The maximum atomic E-state index is 13.1. The number of ketones is 1. The molecular formula is C25H28ClNO4. The van der Waals surface area contributed by atoms with Gasteiger partial charge in [-0.05, 0) is 42.2 Å². The van der Waals surface area contributed by atoms with E-state index in [1.807, 2.05) is 24.3 Å². The van der Waals surface area contributed by atoms with E-state index >= 15 is 0 Å². The summed E-state index contributed by atoms with van der Waals surface area (Å²) >= 11 is 6.32. The number of methoxy groups -OCH3 is 1. The van der Waals surface area contributed by atoms with Gasteiger partial charge in [0.15, 0.2) is 0 Å². The summed E-state index contributed by atoms with van der Waals surface area (Å²) in [6.07, 6.45) is 3.62. The molecule has 5 nitrogen and oxygen atoms in total. The number of carbonyl (C=O) groups excluding carboxylic acids is 2. The third-order valence-electron chi connectivity index (χ3n) is 5.67. The van der Waals surface area contributed by atoms with E-state index < -0.39 is 17.7 Å². The number of halogens is 1. The van der Waals surface area contributed by atoms with Gasteiger partial charge in [-0.15, -0.1) is 0 Å². The molecule has 1 unspecified atom stereocenters. The summed E-state index contributed by atoms with van der Waals surface area (Å²) in [5.41, 5.74) is 2.26. The van der Waals surface area contributed by atoms with Crippen molar-refractivity contribution >= 4 is 29.1 Å². The highest BCUT2D eigenvalue weighted by atomic mass is 35.5. The molecule has 3 rings (SSSR count). The molecule has 164 valence electrons. The second kappa shape index (κ2) is 10.0. The van der Waals surface area contributed by atoms with Gasteiger partial charge in [0.1, 0.15) is 11.5 Å². The van der Waals surface area contributed by atoms with Gasteiger partial charge < -0.3 is 14.7 Å². The van der Waals surface area contributed by atoms with Crippen LogP contribution in [0.2, 0.25) is 5.02 Å². The van der Waals surface area contributed by atoms with Crippen LogP contribution in [0.4, 0.5) is 0 Å². The largest absolute Gasteiger partial charge is 0.507 e. The first-order valence-electron chi connectivity index (χ1n) is 10.6. The second-order valence-electron chi connectivity index (χ2n) is 7.64. The topological polar surface area (TPSA) is 66.8 Å². The first kappa shape index (κ1) is 22.9. The Morgan fingerprint density at radius 2 is 1.81 bits per heavy atom. The first-order chi connectivity index (χ1) is 14.9. The molecule has 0 saturated carbocycles. The molecule has 1 N–H and O–H groups in total. The molecule has 1 atom stereocenters. The number of Topliss-reactive ketones (excluding diaryl/α,β-unsaturated/α-hetero) is 1.